The number of para-hydroxylation sites is 2. The first kappa shape index (κ1) is 18.7. The number of benzene rings is 2. The summed E-state index contributed by atoms with van der Waals surface area (Å²) in [7, 11) is 0. The molecule has 2 amide bonds. The first-order valence-electron chi connectivity index (χ1n) is 9.50. The van der Waals surface area contributed by atoms with Gasteiger partial charge in [-0.25, -0.2) is 0 Å². The van der Waals surface area contributed by atoms with E-state index in [1.807, 2.05) is 60.7 Å². The number of hydrogen-bond acceptors (Lipinski definition) is 4. The third-order valence-corrected chi connectivity index (χ3v) is 4.73. The van der Waals surface area contributed by atoms with E-state index in [2.05, 4.69) is 10.3 Å². The third kappa shape index (κ3) is 4.43. The minimum absolute atomic E-state index is 0.0186. The van der Waals surface area contributed by atoms with Crippen LogP contribution in [0.4, 0.5) is 5.69 Å². The molecule has 1 aromatic heterocycles. The van der Waals surface area contributed by atoms with Crippen molar-refractivity contribution in [1.29, 1.82) is 0 Å². The maximum atomic E-state index is 12.5. The summed E-state index contributed by atoms with van der Waals surface area (Å²) in [4.78, 5) is 30.8. The Morgan fingerprint density at radius 3 is 2.79 bits per heavy atom. The van der Waals surface area contributed by atoms with Gasteiger partial charge in [0.15, 0.2) is 6.61 Å². The van der Waals surface area contributed by atoms with Gasteiger partial charge in [0.25, 0.3) is 11.8 Å². The Kier molecular flexibility index (Phi) is 5.52. The van der Waals surface area contributed by atoms with Crippen molar-refractivity contribution in [2.75, 3.05) is 18.1 Å². The largest absolute Gasteiger partial charge is 0.482 e. The molecule has 0 bridgehead atoms. The van der Waals surface area contributed by atoms with Gasteiger partial charge in [-0.3, -0.25) is 14.6 Å². The number of carbonyl (C=O) groups is 2. The molecule has 0 unspecified atom stereocenters. The molecule has 6 heteroatoms. The van der Waals surface area contributed by atoms with Crippen LogP contribution in [0.3, 0.4) is 0 Å². The van der Waals surface area contributed by atoms with Gasteiger partial charge in [0.2, 0.25) is 0 Å². The zero-order valence-electron chi connectivity index (χ0n) is 15.9. The average Bonchev–Trinajstić information content (AvgIpc) is 2.77. The maximum absolute atomic E-state index is 12.5. The highest BCUT2D eigenvalue weighted by molar-refractivity contribution is 5.98. The van der Waals surface area contributed by atoms with Crippen LogP contribution in [0.1, 0.15) is 21.6 Å². The highest BCUT2D eigenvalue weighted by Crippen LogP contribution is 2.32. The van der Waals surface area contributed by atoms with Gasteiger partial charge in [0.1, 0.15) is 5.75 Å². The van der Waals surface area contributed by atoms with Crippen LogP contribution < -0.4 is 15.0 Å². The molecule has 2 heterocycles. The Hall–Kier alpha value is -3.67. The first-order chi connectivity index (χ1) is 14.2. The van der Waals surface area contributed by atoms with Gasteiger partial charge in [0, 0.05) is 30.4 Å². The molecule has 0 saturated heterocycles. The molecule has 146 valence electrons. The minimum Gasteiger partial charge on any atom is -0.482 e. The second-order valence-electron chi connectivity index (χ2n) is 6.76. The summed E-state index contributed by atoms with van der Waals surface area (Å²) in [6.07, 6.45) is 2.41. The molecule has 29 heavy (non-hydrogen) atoms. The summed E-state index contributed by atoms with van der Waals surface area (Å²) in [5.74, 6) is 0.445. The summed E-state index contributed by atoms with van der Waals surface area (Å²) < 4.78 is 5.49. The van der Waals surface area contributed by atoms with E-state index in [1.165, 1.54) is 0 Å². The van der Waals surface area contributed by atoms with E-state index in [-0.39, 0.29) is 18.4 Å². The molecule has 0 spiro atoms. The fourth-order valence-electron chi connectivity index (χ4n) is 3.27. The standard InChI is InChI=1S/C23H21N3O3/c27-22-16-29-21-10-2-1-9-20(21)26(22)15-17-6-5-7-18(14-17)23(28)25-13-11-19-8-3-4-12-24-19/h1-10,12,14H,11,13,15-16H2,(H,25,28). The second-order valence-corrected chi connectivity index (χ2v) is 6.76. The molecule has 6 nitrogen and oxygen atoms in total. The smallest absolute Gasteiger partial charge is 0.265 e. The predicted molar refractivity (Wildman–Crippen MR) is 110 cm³/mol. The number of hydrogen-bond donors (Lipinski definition) is 1. The van der Waals surface area contributed by atoms with Gasteiger partial charge in [-0.2, -0.15) is 0 Å². The number of nitrogens with zero attached hydrogens (tertiary/aromatic N) is 2. The minimum atomic E-state index is -0.142. The molecule has 0 saturated carbocycles. The van der Waals surface area contributed by atoms with Gasteiger partial charge in [-0.15, -0.1) is 0 Å². The number of ether oxygens (including phenoxy) is 1. The normalized spacial score (nSPS) is 12.8. The molecule has 0 aliphatic carbocycles. The zero-order chi connectivity index (χ0) is 20.1. The van der Waals surface area contributed by atoms with Crippen LogP contribution in [0.5, 0.6) is 5.75 Å². The molecule has 1 aliphatic rings. The molecule has 1 aliphatic heterocycles. The molecule has 4 rings (SSSR count). The Morgan fingerprint density at radius 2 is 1.93 bits per heavy atom. The van der Waals surface area contributed by atoms with E-state index in [1.54, 1.807) is 17.2 Å². The quantitative estimate of drug-likeness (QED) is 0.706. The van der Waals surface area contributed by atoms with Crippen molar-refractivity contribution in [2.45, 2.75) is 13.0 Å². The Labute approximate surface area is 169 Å². The molecule has 0 fully saturated rings. The maximum Gasteiger partial charge on any atom is 0.265 e. The van der Waals surface area contributed by atoms with Gasteiger partial charge >= 0.3 is 0 Å². The fourth-order valence-corrected chi connectivity index (χ4v) is 3.27. The predicted octanol–water partition coefficient (Wildman–Crippen LogP) is 2.98. The number of nitrogens with one attached hydrogen (secondary N) is 1. The molecule has 1 N–H and O–H groups in total. The van der Waals surface area contributed by atoms with Crippen molar-refractivity contribution in [2.24, 2.45) is 0 Å². The van der Waals surface area contributed by atoms with Gasteiger partial charge in [-0.1, -0.05) is 30.3 Å². The van der Waals surface area contributed by atoms with Crippen molar-refractivity contribution in [3.8, 4) is 5.75 Å². The number of pyridine rings is 1. The lowest BCUT2D eigenvalue weighted by Crippen LogP contribution is -2.38. The van der Waals surface area contributed by atoms with E-state index >= 15 is 0 Å². The molecule has 3 aromatic rings. The third-order valence-electron chi connectivity index (χ3n) is 4.73. The molecular formula is C23H21N3O3. The Morgan fingerprint density at radius 1 is 1.07 bits per heavy atom. The van der Waals surface area contributed by atoms with Crippen molar-refractivity contribution >= 4 is 17.5 Å². The van der Waals surface area contributed by atoms with Crippen molar-refractivity contribution < 1.29 is 14.3 Å². The second kappa shape index (κ2) is 8.56. The molecule has 0 radical (unpaired) electrons. The number of aromatic nitrogens is 1. The van der Waals surface area contributed by atoms with Crippen LogP contribution in [0.15, 0.2) is 72.9 Å². The number of amides is 2. The van der Waals surface area contributed by atoms with Crippen LogP contribution in [-0.2, 0) is 17.8 Å². The van der Waals surface area contributed by atoms with Crippen LogP contribution in [0, 0.1) is 0 Å². The molecular weight excluding hydrogens is 366 g/mol. The van der Waals surface area contributed by atoms with Crippen molar-refractivity contribution in [3.63, 3.8) is 0 Å². The van der Waals surface area contributed by atoms with Crippen molar-refractivity contribution in [3.05, 3.63) is 89.7 Å². The van der Waals surface area contributed by atoms with Gasteiger partial charge in [-0.05, 0) is 42.0 Å². The highest BCUT2D eigenvalue weighted by Gasteiger charge is 2.25. The SMILES string of the molecule is O=C(NCCc1ccccn1)c1cccc(CN2C(=O)COc3ccccc32)c1. The van der Waals surface area contributed by atoms with Crippen LogP contribution in [-0.4, -0.2) is 29.9 Å². The highest BCUT2D eigenvalue weighted by atomic mass is 16.5. The number of rotatable bonds is 6. The van der Waals surface area contributed by atoms with E-state index in [0.717, 1.165) is 16.9 Å². The first-order valence-corrected chi connectivity index (χ1v) is 9.50. The summed E-state index contributed by atoms with van der Waals surface area (Å²) in [6, 6.07) is 20.5. The molecule has 0 atom stereocenters. The van der Waals surface area contributed by atoms with E-state index in [0.29, 0.717) is 30.8 Å². The number of anilines is 1. The topological polar surface area (TPSA) is 71.5 Å². The Bertz CT molecular complexity index is 1020. The van der Waals surface area contributed by atoms with Crippen LogP contribution >= 0.6 is 0 Å². The van der Waals surface area contributed by atoms with Gasteiger partial charge in [0.05, 0.1) is 12.2 Å². The molecule has 2 aromatic carbocycles. The fraction of sp³-hybridized carbons (Fsp3) is 0.174. The Balaban J connectivity index is 1.42. The van der Waals surface area contributed by atoms with Crippen LogP contribution in [0.2, 0.25) is 0 Å². The van der Waals surface area contributed by atoms with Crippen molar-refractivity contribution in [1.82, 2.24) is 10.3 Å². The zero-order valence-corrected chi connectivity index (χ0v) is 15.9. The lowest BCUT2D eigenvalue weighted by atomic mass is 10.1. The number of fused-ring (bicyclic) bond motifs is 1. The summed E-state index contributed by atoms with van der Waals surface area (Å²) in [5.41, 5.74) is 3.13. The van der Waals surface area contributed by atoms with E-state index in [9.17, 15) is 9.59 Å². The monoisotopic (exact) mass is 387 g/mol. The van der Waals surface area contributed by atoms with E-state index in [4.69, 9.17) is 4.74 Å². The summed E-state index contributed by atoms with van der Waals surface area (Å²) in [5, 5.41) is 2.92. The number of carbonyl (C=O) groups excluding carboxylic acids is 2. The van der Waals surface area contributed by atoms with E-state index < -0.39 is 0 Å². The average molecular weight is 387 g/mol. The lowest BCUT2D eigenvalue weighted by Gasteiger charge is -2.29. The van der Waals surface area contributed by atoms with Crippen LogP contribution in [0.25, 0.3) is 0 Å². The lowest BCUT2D eigenvalue weighted by molar-refractivity contribution is -0.121. The summed E-state index contributed by atoms with van der Waals surface area (Å²) >= 11 is 0. The van der Waals surface area contributed by atoms with Gasteiger partial charge < -0.3 is 15.0 Å². The summed E-state index contributed by atoms with van der Waals surface area (Å²) in [6.45, 7) is 0.911.